The quantitative estimate of drug-likeness (QED) is 0.497. The van der Waals surface area contributed by atoms with Crippen molar-refractivity contribution in [3.05, 3.63) is 35.4 Å². The Morgan fingerprint density at radius 3 is 2.62 bits per heavy atom. The summed E-state index contributed by atoms with van der Waals surface area (Å²) in [4.78, 5) is 6.98. The molecule has 1 fully saturated rings. The summed E-state index contributed by atoms with van der Waals surface area (Å²) in [6.07, 6.45) is 5.03. The van der Waals surface area contributed by atoms with Gasteiger partial charge in [-0.3, -0.25) is 0 Å². The second kappa shape index (κ2) is 10.5. The van der Waals surface area contributed by atoms with Gasteiger partial charge in [-0.15, -0.1) is 0 Å². The van der Waals surface area contributed by atoms with Crippen LogP contribution in [0.1, 0.15) is 43.7 Å². The molecule has 5 nitrogen and oxygen atoms in total. The van der Waals surface area contributed by atoms with Gasteiger partial charge in [0.1, 0.15) is 0 Å². The van der Waals surface area contributed by atoms with Crippen LogP contribution in [0.5, 0.6) is 0 Å². The number of methoxy groups -OCH3 is 1. The highest BCUT2D eigenvalue weighted by Gasteiger charge is 2.36. The van der Waals surface area contributed by atoms with Gasteiger partial charge in [0.15, 0.2) is 5.96 Å². The number of nitrogens with zero attached hydrogens (tertiary/aromatic N) is 2. The Labute approximate surface area is 159 Å². The van der Waals surface area contributed by atoms with E-state index in [2.05, 4.69) is 60.8 Å². The smallest absolute Gasteiger partial charge is 0.191 e. The van der Waals surface area contributed by atoms with Crippen LogP contribution in [0.15, 0.2) is 29.3 Å². The molecule has 1 aliphatic carbocycles. The summed E-state index contributed by atoms with van der Waals surface area (Å²) in [7, 11) is 5.98. The number of benzene rings is 1. The van der Waals surface area contributed by atoms with Crippen molar-refractivity contribution in [2.45, 2.75) is 45.7 Å². The summed E-state index contributed by atoms with van der Waals surface area (Å²) in [6, 6.07) is 8.70. The van der Waals surface area contributed by atoms with Gasteiger partial charge in [-0.2, -0.15) is 0 Å². The zero-order valence-electron chi connectivity index (χ0n) is 17.0. The Hall–Kier alpha value is -1.59. The molecule has 0 saturated heterocycles. The predicted octanol–water partition coefficient (Wildman–Crippen LogP) is 3.01. The van der Waals surface area contributed by atoms with Crippen LogP contribution in [0.25, 0.3) is 0 Å². The highest BCUT2D eigenvalue weighted by atomic mass is 16.5. The van der Waals surface area contributed by atoms with Crippen LogP contribution in [0.3, 0.4) is 0 Å². The van der Waals surface area contributed by atoms with Gasteiger partial charge in [0, 0.05) is 33.4 Å². The largest absolute Gasteiger partial charge is 0.385 e. The summed E-state index contributed by atoms with van der Waals surface area (Å²) in [6.45, 7) is 6.45. The van der Waals surface area contributed by atoms with E-state index in [-0.39, 0.29) is 0 Å². The Balaban J connectivity index is 1.93. The highest BCUT2D eigenvalue weighted by Crippen LogP contribution is 2.43. The fraction of sp³-hybridized carbons (Fsp3) is 0.667. The fourth-order valence-electron chi connectivity index (χ4n) is 3.49. The molecule has 2 N–H and O–H groups in total. The van der Waals surface area contributed by atoms with E-state index >= 15 is 0 Å². The molecule has 0 aromatic heterocycles. The third-order valence-electron chi connectivity index (χ3n) is 5.14. The lowest BCUT2D eigenvalue weighted by atomic mass is 9.67. The molecular weight excluding hydrogens is 324 g/mol. The molecule has 1 aliphatic rings. The van der Waals surface area contributed by atoms with E-state index in [4.69, 9.17) is 9.73 Å². The molecule has 26 heavy (non-hydrogen) atoms. The highest BCUT2D eigenvalue weighted by molar-refractivity contribution is 5.79. The van der Waals surface area contributed by atoms with E-state index in [1.807, 2.05) is 0 Å². The molecule has 2 rings (SSSR count). The maximum absolute atomic E-state index is 5.29. The second-order valence-electron chi connectivity index (χ2n) is 7.70. The van der Waals surface area contributed by atoms with E-state index in [9.17, 15) is 0 Å². The molecule has 0 radical (unpaired) electrons. The zero-order valence-corrected chi connectivity index (χ0v) is 17.0. The lowest BCUT2D eigenvalue weighted by molar-refractivity contribution is 0.0732. The minimum atomic E-state index is 0.387. The lowest BCUT2D eigenvalue weighted by Gasteiger charge is -2.42. The van der Waals surface area contributed by atoms with E-state index in [0.717, 1.165) is 38.6 Å². The Kier molecular flexibility index (Phi) is 8.39. The van der Waals surface area contributed by atoms with Crippen molar-refractivity contribution >= 4 is 5.96 Å². The van der Waals surface area contributed by atoms with Gasteiger partial charge in [-0.05, 0) is 56.8 Å². The van der Waals surface area contributed by atoms with Gasteiger partial charge in [0.2, 0.25) is 0 Å². The average Bonchev–Trinajstić information content (AvgIpc) is 2.58. The summed E-state index contributed by atoms with van der Waals surface area (Å²) in [5.41, 5.74) is 2.96. The molecule has 146 valence electrons. The normalized spacial score (nSPS) is 16.4. The zero-order chi connectivity index (χ0) is 18.8. The first-order valence-corrected chi connectivity index (χ1v) is 9.80. The number of hydrogen-bond acceptors (Lipinski definition) is 3. The molecule has 0 unspecified atom stereocenters. The van der Waals surface area contributed by atoms with Crippen LogP contribution in [0.4, 0.5) is 0 Å². The monoisotopic (exact) mass is 360 g/mol. The summed E-state index contributed by atoms with van der Waals surface area (Å²) in [5.74, 6) is 0.911. The lowest BCUT2D eigenvalue weighted by Crippen LogP contribution is -2.46. The Morgan fingerprint density at radius 2 is 2.00 bits per heavy atom. The van der Waals surface area contributed by atoms with Crippen molar-refractivity contribution in [3.8, 4) is 0 Å². The summed E-state index contributed by atoms with van der Waals surface area (Å²) < 4.78 is 5.29. The van der Waals surface area contributed by atoms with Crippen molar-refractivity contribution in [2.75, 3.05) is 40.9 Å². The maximum atomic E-state index is 5.29. The van der Waals surface area contributed by atoms with Crippen molar-refractivity contribution < 1.29 is 4.74 Å². The molecule has 1 aromatic carbocycles. The molecule has 0 atom stereocenters. The van der Waals surface area contributed by atoms with Crippen LogP contribution in [-0.4, -0.2) is 51.8 Å². The topological polar surface area (TPSA) is 48.9 Å². The number of nitrogens with one attached hydrogen (secondary N) is 2. The Morgan fingerprint density at radius 1 is 1.23 bits per heavy atom. The summed E-state index contributed by atoms with van der Waals surface area (Å²) in [5, 5.41) is 6.94. The molecular formula is C21H36N4O. The van der Waals surface area contributed by atoms with E-state index < -0.39 is 0 Å². The molecule has 1 aromatic rings. The van der Waals surface area contributed by atoms with Gasteiger partial charge < -0.3 is 20.3 Å². The van der Waals surface area contributed by atoms with Crippen LogP contribution < -0.4 is 10.6 Å². The first kappa shape index (κ1) is 20.7. The van der Waals surface area contributed by atoms with Crippen molar-refractivity contribution in [1.29, 1.82) is 0 Å². The van der Waals surface area contributed by atoms with E-state index in [1.165, 1.54) is 30.4 Å². The number of rotatable bonds is 10. The average molecular weight is 361 g/mol. The van der Waals surface area contributed by atoms with Gasteiger partial charge in [-0.1, -0.05) is 30.7 Å². The standard InChI is InChI=1S/C21H36N4O/c1-5-22-20(24-17-21(10-7-11-21)12-13-26-4)23-15-18-8-6-9-19(14-18)16-25(2)3/h6,8-9,14H,5,7,10-13,15-17H2,1-4H3,(H2,22,23,24). The van der Waals surface area contributed by atoms with Gasteiger partial charge in [0.25, 0.3) is 0 Å². The molecule has 5 heteroatoms. The van der Waals surface area contributed by atoms with Crippen molar-refractivity contribution in [2.24, 2.45) is 10.4 Å². The second-order valence-corrected chi connectivity index (χ2v) is 7.70. The summed E-state index contributed by atoms with van der Waals surface area (Å²) >= 11 is 0. The van der Waals surface area contributed by atoms with E-state index in [0.29, 0.717) is 12.0 Å². The first-order chi connectivity index (χ1) is 12.6. The van der Waals surface area contributed by atoms with Crippen molar-refractivity contribution in [3.63, 3.8) is 0 Å². The van der Waals surface area contributed by atoms with Gasteiger partial charge in [0.05, 0.1) is 6.54 Å². The number of ether oxygens (including phenoxy) is 1. The molecule has 1 saturated carbocycles. The van der Waals surface area contributed by atoms with Crippen LogP contribution in [-0.2, 0) is 17.8 Å². The third kappa shape index (κ3) is 6.61. The SMILES string of the molecule is CCNC(=NCc1cccc(CN(C)C)c1)NCC1(CCOC)CCC1. The van der Waals surface area contributed by atoms with Crippen LogP contribution in [0, 0.1) is 5.41 Å². The fourth-order valence-corrected chi connectivity index (χ4v) is 3.49. The molecule has 0 amide bonds. The molecule has 0 bridgehead atoms. The van der Waals surface area contributed by atoms with E-state index in [1.54, 1.807) is 7.11 Å². The van der Waals surface area contributed by atoms with Gasteiger partial charge >= 0.3 is 0 Å². The maximum Gasteiger partial charge on any atom is 0.191 e. The van der Waals surface area contributed by atoms with Crippen LogP contribution in [0.2, 0.25) is 0 Å². The van der Waals surface area contributed by atoms with Gasteiger partial charge in [-0.25, -0.2) is 4.99 Å². The first-order valence-electron chi connectivity index (χ1n) is 9.80. The minimum Gasteiger partial charge on any atom is -0.385 e. The Bertz CT molecular complexity index is 567. The number of guanidine groups is 1. The number of aliphatic imine (C=N–C) groups is 1. The molecule has 0 aliphatic heterocycles. The molecule has 0 spiro atoms. The van der Waals surface area contributed by atoms with Crippen LogP contribution >= 0.6 is 0 Å². The minimum absolute atomic E-state index is 0.387. The predicted molar refractivity (Wildman–Crippen MR) is 109 cm³/mol. The van der Waals surface area contributed by atoms with Crippen molar-refractivity contribution in [1.82, 2.24) is 15.5 Å². The number of hydrogen-bond donors (Lipinski definition) is 2. The molecule has 0 heterocycles. The third-order valence-corrected chi connectivity index (χ3v) is 5.14.